The second-order valence-corrected chi connectivity index (χ2v) is 3.89. The Kier molecular flexibility index (Phi) is 5.06. The van der Waals surface area contributed by atoms with Gasteiger partial charge in [0.25, 0.3) is 0 Å². The second-order valence-electron chi connectivity index (χ2n) is 3.89. The summed E-state index contributed by atoms with van der Waals surface area (Å²) >= 11 is 0. The van der Waals surface area contributed by atoms with Crippen molar-refractivity contribution in [3.8, 4) is 0 Å². The van der Waals surface area contributed by atoms with Gasteiger partial charge in [-0.1, -0.05) is 0 Å². The van der Waals surface area contributed by atoms with E-state index < -0.39 is 12.0 Å². The molecule has 0 aromatic carbocycles. The monoisotopic (exact) mass is 252 g/mol. The fourth-order valence-electron chi connectivity index (χ4n) is 1.24. The van der Waals surface area contributed by atoms with Crippen LogP contribution in [0.2, 0.25) is 0 Å². The minimum Gasteiger partial charge on any atom is -0.476 e. The van der Waals surface area contributed by atoms with E-state index in [1.54, 1.807) is 6.07 Å². The van der Waals surface area contributed by atoms with Gasteiger partial charge in [-0.25, -0.2) is 14.6 Å². The Balaban J connectivity index is 2.56. The summed E-state index contributed by atoms with van der Waals surface area (Å²) in [4.78, 5) is 28.0. The average Bonchev–Trinajstić information content (AvgIpc) is 2.28. The quantitative estimate of drug-likeness (QED) is 0.707. The van der Waals surface area contributed by atoms with Crippen LogP contribution >= 0.6 is 0 Å². The standard InChI is InChI=1S/C11H16N4O3/c1-15(2)7-6-13-11(18)14-8-4-3-5-12-9(8)10(16)17/h3-5H,6-7H2,1-2H3,(H,16,17)(H2,13,14,18). The highest BCUT2D eigenvalue weighted by molar-refractivity contribution is 5.98. The molecule has 0 spiro atoms. The summed E-state index contributed by atoms with van der Waals surface area (Å²) in [7, 11) is 3.78. The predicted molar refractivity (Wildman–Crippen MR) is 66.8 cm³/mol. The van der Waals surface area contributed by atoms with Crippen molar-refractivity contribution >= 4 is 17.7 Å². The Labute approximate surface area is 105 Å². The first kappa shape index (κ1) is 13.9. The number of hydrogen-bond donors (Lipinski definition) is 3. The number of carbonyl (C=O) groups excluding carboxylic acids is 1. The molecule has 7 nitrogen and oxygen atoms in total. The number of urea groups is 1. The fourth-order valence-corrected chi connectivity index (χ4v) is 1.24. The number of aromatic carboxylic acids is 1. The van der Waals surface area contributed by atoms with Gasteiger partial charge < -0.3 is 20.6 Å². The molecule has 0 aliphatic heterocycles. The van der Waals surface area contributed by atoms with E-state index in [2.05, 4.69) is 15.6 Å². The van der Waals surface area contributed by atoms with E-state index in [0.717, 1.165) is 0 Å². The van der Waals surface area contributed by atoms with Crippen LogP contribution < -0.4 is 10.6 Å². The molecule has 0 radical (unpaired) electrons. The SMILES string of the molecule is CN(C)CCNC(=O)Nc1cccnc1C(=O)O. The molecule has 1 aromatic heterocycles. The summed E-state index contributed by atoms with van der Waals surface area (Å²) < 4.78 is 0. The Morgan fingerprint density at radius 3 is 2.78 bits per heavy atom. The molecule has 7 heteroatoms. The second kappa shape index (κ2) is 6.55. The van der Waals surface area contributed by atoms with Gasteiger partial charge in [0.05, 0.1) is 5.69 Å². The third kappa shape index (κ3) is 4.38. The number of likely N-dealkylation sites (N-methyl/N-ethyl adjacent to an activating group) is 1. The molecule has 98 valence electrons. The number of nitrogens with zero attached hydrogens (tertiary/aromatic N) is 2. The van der Waals surface area contributed by atoms with Crippen molar-refractivity contribution in [1.82, 2.24) is 15.2 Å². The largest absolute Gasteiger partial charge is 0.476 e. The Bertz CT molecular complexity index is 434. The summed E-state index contributed by atoms with van der Waals surface area (Å²) in [5, 5.41) is 14.0. The molecule has 0 saturated heterocycles. The van der Waals surface area contributed by atoms with Gasteiger partial charge >= 0.3 is 12.0 Å². The van der Waals surface area contributed by atoms with Crippen LogP contribution in [0.3, 0.4) is 0 Å². The zero-order chi connectivity index (χ0) is 13.5. The highest BCUT2D eigenvalue weighted by atomic mass is 16.4. The van der Waals surface area contributed by atoms with Crippen LogP contribution in [0.4, 0.5) is 10.5 Å². The van der Waals surface area contributed by atoms with Crippen molar-refractivity contribution in [3.05, 3.63) is 24.0 Å². The molecule has 0 atom stereocenters. The summed E-state index contributed by atoms with van der Waals surface area (Å²) in [6, 6.07) is 2.59. The number of carbonyl (C=O) groups is 2. The highest BCUT2D eigenvalue weighted by Crippen LogP contribution is 2.11. The lowest BCUT2D eigenvalue weighted by Gasteiger charge is -2.11. The van der Waals surface area contributed by atoms with Gasteiger partial charge in [0.15, 0.2) is 5.69 Å². The van der Waals surface area contributed by atoms with Gasteiger partial charge in [0, 0.05) is 19.3 Å². The summed E-state index contributed by atoms with van der Waals surface area (Å²) in [6.45, 7) is 1.17. The molecule has 18 heavy (non-hydrogen) atoms. The maximum Gasteiger partial charge on any atom is 0.356 e. The fraction of sp³-hybridized carbons (Fsp3) is 0.364. The molecule has 3 N–H and O–H groups in total. The molecule has 2 amide bonds. The van der Waals surface area contributed by atoms with Crippen LogP contribution in [0, 0.1) is 0 Å². The Morgan fingerprint density at radius 1 is 1.44 bits per heavy atom. The van der Waals surface area contributed by atoms with E-state index in [1.165, 1.54) is 12.3 Å². The summed E-state index contributed by atoms with van der Waals surface area (Å²) in [6.07, 6.45) is 1.36. The number of anilines is 1. The first-order valence-electron chi connectivity index (χ1n) is 5.38. The van der Waals surface area contributed by atoms with Crippen LogP contribution in [0.1, 0.15) is 10.5 Å². The van der Waals surface area contributed by atoms with E-state index >= 15 is 0 Å². The van der Waals surface area contributed by atoms with Crippen molar-refractivity contribution < 1.29 is 14.7 Å². The number of hydrogen-bond acceptors (Lipinski definition) is 4. The van der Waals surface area contributed by atoms with Crippen molar-refractivity contribution in [2.75, 3.05) is 32.5 Å². The smallest absolute Gasteiger partial charge is 0.356 e. The number of carboxylic acid groups (broad SMARTS) is 1. The van der Waals surface area contributed by atoms with Crippen LogP contribution in [0.25, 0.3) is 0 Å². The number of pyridine rings is 1. The first-order chi connectivity index (χ1) is 8.50. The van der Waals surface area contributed by atoms with Gasteiger partial charge in [-0.15, -0.1) is 0 Å². The number of aromatic nitrogens is 1. The van der Waals surface area contributed by atoms with Crippen molar-refractivity contribution in [1.29, 1.82) is 0 Å². The predicted octanol–water partition coefficient (Wildman–Crippen LogP) is 0.463. The third-order valence-electron chi connectivity index (χ3n) is 2.10. The molecule has 0 saturated carbocycles. The Morgan fingerprint density at radius 2 is 2.17 bits per heavy atom. The van der Waals surface area contributed by atoms with Gasteiger partial charge in [-0.2, -0.15) is 0 Å². The van der Waals surface area contributed by atoms with Gasteiger partial charge in [0.2, 0.25) is 0 Å². The normalized spacial score (nSPS) is 10.2. The highest BCUT2D eigenvalue weighted by Gasteiger charge is 2.12. The van der Waals surface area contributed by atoms with Gasteiger partial charge in [-0.3, -0.25) is 0 Å². The third-order valence-corrected chi connectivity index (χ3v) is 2.10. The number of rotatable bonds is 5. The number of nitrogens with one attached hydrogen (secondary N) is 2. The van der Waals surface area contributed by atoms with E-state index in [4.69, 9.17) is 5.11 Å². The van der Waals surface area contributed by atoms with E-state index in [9.17, 15) is 9.59 Å². The Hall–Kier alpha value is -2.15. The van der Waals surface area contributed by atoms with E-state index in [1.807, 2.05) is 19.0 Å². The first-order valence-corrected chi connectivity index (χ1v) is 5.38. The van der Waals surface area contributed by atoms with E-state index in [0.29, 0.717) is 13.1 Å². The lowest BCUT2D eigenvalue weighted by atomic mass is 10.3. The van der Waals surface area contributed by atoms with Crippen molar-refractivity contribution in [3.63, 3.8) is 0 Å². The van der Waals surface area contributed by atoms with E-state index in [-0.39, 0.29) is 11.4 Å². The maximum atomic E-state index is 11.5. The molecule has 0 bridgehead atoms. The lowest BCUT2D eigenvalue weighted by Crippen LogP contribution is -2.34. The van der Waals surface area contributed by atoms with Crippen LogP contribution in [0.15, 0.2) is 18.3 Å². The molecule has 1 rings (SSSR count). The van der Waals surface area contributed by atoms with Crippen molar-refractivity contribution in [2.24, 2.45) is 0 Å². The molecule has 0 aliphatic carbocycles. The molecule has 0 unspecified atom stereocenters. The molecular formula is C11H16N4O3. The minimum absolute atomic E-state index is 0.173. The van der Waals surface area contributed by atoms with Crippen LogP contribution in [0.5, 0.6) is 0 Å². The molecular weight excluding hydrogens is 236 g/mol. The minimum atomic E-state index is -1.18. The van der Waals surface area contributed by atoms with Crippen molar-refractivity contribution in [2.45, 2.75) is 0 Å². The lowest BCUT2D eigenvalue weighted by molar-refractivity contribution is 0.0692. The number of carboxylic acids is 1. The number of amides is 2. The van der Waals surface area contributed by atoms with Gasteiger partial charge in [-0.05, 0) is 26.2 Å². The topological polar surface area (TPSA) is 94.6 Å². The molecule has 0 fully saturated rings. The van der Waals surface area contributed by atoms with Gasteiger partial charge in [0.1, 0.15) is 0 Å². The van der Waals surface area contributed by atoms with Crippen LogP contribution in [-0.4, -0.2) is 54.2 Å². The molecule has 1 heterocycles. The zero-order valence-corrected chi connectivity index (χ0v) is 10.3. The molecule has 0 aliphatic rings. The maximum absolute atomic E-state index is 11.5. The molecule has 1 aromatic rings. The zero-order valence-electron chi connectivity index (χ0n) is 10.3. The van der Waals surface area contributed by atoms with Crippen LogP contribution in [-0.2, 0) is 0 Å². The summed E-state index contributed by atoms with van der Waals surface area (Å²) in [5.41, 5.74) is -0.00684. The average molecular weight is 252 g/mol. The summed E-state index contributed by atoms with van der Waals surface area (Å²) in [5.74, 6) is -1.18.